The first-order valence-corrected chi connectivity index (χ1v) is 8.39. The van der Waals surface area contributed by atoms with E-state index < -0.39 is 0 Å². The third-order valence-electron chi connectivity index (χ3n) is 3.24. The van der Waals surface area contributed by atoms with Gasteiger partial charge in [-0.2, -0.15) is 0 Å². The minimum absolute atomic E-state index is 0.112. The number of carbonyl (C=O) groups excluding carboxylic acids is 1. The average Bonchev–Trinajstić information content (AvgIpc) is 2.94. The van der Waals surface area contributed by atoms with Crippen molar-refractivity contribution in [1.29, 1.82) is 0 Å². The van der Waals surface area contributed by atoms with Gasteiger partial charge in [0.2, 0.25) is 11.1 Å². The van der Waals surface area contributed by atoms with E-state index in [9.17, 15) is 4.79 Å². The highest BCUT2D eigenvalue weighted by Crippen LogP contribution is 2.19. The van der Waals surface area contributed by atoms with Crippen molar-refractivity contribution in [2.24, 2.45) is 0 Å². The number of aromatic nitrogens is 3. The maximum absolute atomic E-state index is 12.3. The van der Waals surface area contributed by atoms with Gasteiger partial charge in [0.15, 0.2) is 5.82 Å². The second-order valence-corrected chi connectivity index (χ2v) is 6.55. The summed E-state index contributed by atoms with van der Waals surface area (Å²) in [7, 11) is 0. The largest absolute Gasteiger partial charge is 0.337 e. The molecule has 0 aliphatic carbocycles. The maximum Gasteiger partial charge on any atom is 0.233 e. The van der Waals surface area contributed by atoms with Crippen molar-refractivity contribution in [3.63, 3.8) is 0 Å². The van der Waals surface area contributed by atoms with Crippen LogP contribution in [0.5, 0.6) is 0 Å². The van der Waals surface area contributed by atoms with Crippen LogP contribution in [0.15, 0.2) is 35.5 Å². The van der Waals surface area contributed by atoms with Crippen LogP contribution in [0.1, 0.15) is 27.7 Å². The fourth-order valence-corrected chi connectivity index (χ4v) is 3.08. The number of nitrogens with zero attached hydrogens (tertiary/aromatic N) is 3. The van der Waals surface area contributed by atoms with E-state index in [1.54, 1.807) is 0 Å². The molecule has 1 aromatic carbocycles. The number of aromatic amines is 1. The highest BCUT2D eigenvalue weighted by atomic mass is 32.2. The monoisotopic (exact) mass is 318 g/mol. The van der Waals surface area contributed by atoms with Crippen LogP contribution in [0.4, 0.5) is 0 Å². The number of H-pyrrole nitrogens is 1. The van der Waals surface area contributed by atoms with Crippen molar-refractivity contribution in [1.82, 2.24) is 20.1 Å². The van der Waals surface area contributed by atoms with Crippen molar-refractivity contribution in [3.8, 4) is 11.4 Å². The highest BCUT2D eigenvalue weighted by Gasteiger charge is 2.20. The highest BCUT2D eigenvalue weighted by molar-refractivity contribution is 7.99. The Morgan fingerprint density at radius 1 is 1.18 bits per heavy atom. The van der Waals surface area contributed by atoms with Crippen LogP contribution in [0.2, 0.25) is 0 Å². The van der Waals surface area contributed by atoms with Gasteiger partial charge in [-0.05, 0) is 27.7 Å². The van der Waals surface area contributed by atoms with Gasteiger partial charge in [-0.15, -0.1) is 5.10 Å². The predicted molar refractivity (Wildman–Crippen MR) is 89.7 cm³/mol. The summed E-state index contributed by atoms with van der Waals surface area (Å²) in [6.45, 7) is 8.12. The minimum Gasteiger partial charge on any atom is -0.337 e. The van der Waals surface area contributed by atoms with Crippen LogP contribution < -0.4 is 0 Å². The lowest BCUT2D eigenvalue weighted by Crippen LogP contribution is -2.43. The summed E-state index contributed by atoms with van der Waals surface area (Å²) >= 11 is 1.36. The first-order chi connectivity index (χ1) is 10.5. The lowest BCUT2D eigenvalue weighted by atomic mass is 10.2. The van der Waals surface area contributed by atoms with Crippen LogP contribution >= 0.6 is 11.8 Å². The Morgan fingerprint density at radius 2 is 1.82 bits per heavy atom. The molecule has 6 heteroatoms. The number of rotatable bonds is 6. The van der Waals surface area contributed by atoms with E-state index in [4.69, 9.17) is 0 Å². The Balaban J connectivity index is 1.98. The molecule has 0 saturated heterocycles. The molecule has 22 heavy (non-hydrogen) atoms. The summed E-state index contributed by atoms with van der Waals surface area (Å²) in [6.07, 6.45) is 0. The topological polar surface area (TPSA) is 61.9 Å². The predicted octanol–water partition coefficient (Wildman–Crippen LogP) is 3.21. The number of carbonyl (C=O) groups is 1. The van der Waals surface area contributed by atoms with Gasteiger partial charge in [0, 0.05) is 17.6 Å². The van der Waals surface area contributed by atoms with E-state index in [1.807, 2.05) is 62.9 Å². The fourth-order valence-electron chi connectivity index (χ4n) is 2.41. The van der Waals surface area contributed by atoms with Crippen LogP contribution in [0, 0.1) is 0 Å². The Bertz CT molecular complexity index is 602. The van der Waals surface area contributed by atoms with E-state index in [0.717, 1.165) is 11.4 Å². The number of hydrogen-bond acceptors (Lipinski definition) is 4. The van der Waals surface area contributed by atoms with E-state index in [1.165, 1.54) is 11.8 Å². The van der Waals surface area contributed by atoms with Gasteiger partial charge in [-0.3, -0.25) is 9.89 Å². The van der Waals surface area contributed by atoms with E-state index in [2.05, 4.69) is 15.2 Å². The Morgan fingerprint density at radius 3 is 2.41 bits per heavy atom. The summed E-state index contributed by atoms with van der Waals surface area (Å²) in [5.74, 6) is 1.18. The third kappa shape index (κ3) is 4.10. The molecule has 0 radical (unpaired) electrons. The van der Waals surface area contributed by atoms with Crippen molar-refractivity contribution in [2.45, 2.75) is 44.9 Å². The number of nitrogens with one attached hydrogen (secondary N) is 1. The average molecular weight is 318 g/mol. The molecule has 2 rings (SSSR count). The van der Waals surface area contributed by atoms with Crippen LogP contribution in [-0.4, -0.2) is 43.8 Å². The summed E-state index contributed by atoms with van der Waals surface area (Å²) in [5.41, 5.74) is 0.985. The number of amides is 1. The quantitative estimate of drug-likeness (QED) is 0.831. The molecule has 0 fully saturated rings. The van der Waals surface area contributed by atoms with Gasteiger partial charge >= 0.3 is 0 Å². The molecule has 1 heterocycles. The molecule has 1 aromatic heterocycles. The molecular formula is C16H22N4OS. The normalized spacial score (nSPS) is 11.2. The lowest BCUT2D eigenvalue weighted by Gasteiger charge is -2.30. The Labute approximate surface area is 135 Å². The Hall–Kier alpha value is -1.82. The smallest absolute Gasteiger partial charge is 0.233 e. The van der Waals surface area contributed by atoms with Gasteiger partial charge < -0.3 is 4.90 Å². The molecule has 0 spiro atoms. The van der Waals surface area contributed by atoms with Crippen molar-refractivity contribution >= 4 is 17.7 Å². The minimum atomic E-state index is 0.112. The Kier molecular flexibility index (Phi) is 5.60. The molecule has 1 amide bonds. The molecule has 0 unspecified atom stereocenters. The standard InChI is InChI=1S/C16H22N4OS/c1-11(2)20(12(3)4)14(21)10-22-16-17-15(18-19-16)13-8-6-5-7-9-13/h5-9,11-12H,10H2,1-4H3,(H,17,18,19). The zero-order valence-electron chi connectivity index (χ0n) is 13.4. The lowest BCUT2D eigenvalue weighted by molar-refractivity contribution is -0.131. The van der Waals surface area contributed by atoms with E-state index in [-0.39, 0.29) is 18.0 Å². The second-order valence-electron chi connectivity index (χ2n) is 5.61. The van der Waals surface area contributed by atoms with Crippen molar-refractivity contribution in [3.05, 3.63) is 30.3 Å². The summed E-state index contributed by atoms with van der Waals surface area (Å²) in [5, 5.41) is 7.68. The van der Waals surface area contributed by atoms with Crippen molar-refractivity contribution < 1.29 is 4.79 Å². The number of thioether (sulfide) groups is 1. The molecule has 2 aromatic rings. The summed E-state index contributed by atoms with van der Waals surface area (Å²) in [4.78, 5) is 18.6. The fraction of sp³-hybridized carbons (Fsp3) is 0.438. The molecule has 5 nitrogen and oxygen atoms in total. The van der Waals surface area contributed by atoms with E-state index >= 15 is 0 Å². The van der Waals surface area contributed by atoms with Gasteiger partial charge in [0.05, 0.1) is 5.75 Å². The van der Waals surface area contributed by atoms with Crippen LogP contribution in [-0.2, 0) is 4.79 Å². The molecule has 118 valence electrons. The second kappa shape index (κ2) is 7.45. The molecule has 1 N–H and O–H groups in total. The number of benzene rings is 1. The van der Waals surface area contributed by atoms with Gasteiger partial charge in [-0.1, -0.05) is 42.1 Å². The first-order valence-electron chi connectivity index (χ1n) is 7.40. The van der Waals surface area contributed by atoms with Gasteiger partial charge in [0.1, 0.15) is 0 Å². The van der Waals surface area contributed by atoms with Crippen molar-refractivity contribution in [2.75, 3.05) is 5.75 Å². The SMILES string of the molecule is CC(C)N(C(=O)CSc1n[nH]c(-c2ccccc2)n1)C(C)C. The molecule has 0 bridgehead atoms. The van der Waals surface area contributed by atoms with Gasteiger partial charge in [-0.25, -0.2) is 4.98 Å². The van der Waals surface area contributed by atoms with Crippen LogP contribution in [0.3, 0.4) is 0 Å². The molecule has 0 aliphatic heterocycles. The summed E-state index contributed by atoms with van der Waals surface area (Å²) < 4.78 is 0. The maximum atomic E-state index is 12.3. The molecule has 0 aliphatic rings. The third-order valence-corrected chi connectivity index (χ3v) is 4.07. The zero-order valence-corrected chi connectivity index (χ0v) is 14.2. The summed E-state index contributed by atoms with van der Waals surface area (Å²) in [6, 6.07) is 10.2. The molecule has 0 atom stereocenters. The zero-order chi connectivity index (χ0) is 16.1. The molecule has 0 saturated carbocycles. The first kappa shape index (κ1) is 16.5. The molecular weight excluding hydrogens is 296 g/mol. The van der Waals surface area contributed by atoms with Gasteiger partial charge in [0.25, 0.3) is 0 Å². The van der Waals surface area contributed by atoms with E-state index in [0.29, 0.717) is 10.9 Å². The number of hydrogen-bond donors (Lipinski definition) is 1. The van der Waals surface area contributed by atoms with Crippen LogP contribution in [0.25, 0.3) is 11.4 Å².